The van der Waals surface area contributed by atoms with Gasteiger partial charge in [-0.15, -0.1) is 0 Å². The van der Waals surface area contributed by atoms with Crippen LogP contribution in [0.25, 0.3) is 0 Å². The molecule has 9 nitrogen and oxygen atoms in total. The summed E-state index contributed by atoms with van der Waals surface area (Å²) in [4.78, 5) is 0. The van der Waals surface area contributed by atoms with Gasteiger partial charge in [-0.3, -0.25) is 0 Å². The van der Waals surface area contributed by atoms with Crippen molar-refractivity contribution in [2.45, 2.75) is 6.42 Å². The second-order valence-electron chi connectivity index (χ2n) is 7.29. The van der Waals surface area contributed by atoms with Crippen LogP contribution in [0.4, 0.5) is 13.2 Å². The second kappa shape index (κ2) is 24.0. The summed E-state index contributed by atoms with van der Waals surface area (Å²) in [6, 6.07) is 1.31. The molecule has 0 spiro atoms. The quantitative estimate of drug-likeness (QED) is 0.181. The van der Waals surface area contributed by atoms with Crippen molar-refractivity contribution in [3.63, 3.8) is 0 Å². The van der Waals surface area contributed by atoms with E-state index in [0.29, 0.717) is 111 Å². The minimum absolute atomic E-state index is 0.0162. The van der Waals surface area contributed by atoms with E-state index in [1.165, 1.54) is 0 Å². The van der Waals surface area contributed by atoms with Crippen LogP contribution in [-0.4, -0.2) is 112 Å². The first-order valence-electron chi connectivity index (χ1n) is 12.1. The molecule has 0 unspecified atom stereocenters. The molecular formula is C24H40F3NO8. The Morgan fingerprint density at radius 2 is 0.722 bits per heavy atom. The van der Waals surface area contributed by atoms with E-state index in [1.54, 1.807) is 0 Å². The van der Waals surface area contributed by atoms with Gasteiger partial charge in [-0.25, -0.2) is 13.2 Å². The highest BCUT2D eigenvalue weighted by Crippen LogP contribution is 2.15. The van der Waals surface area contributed by atoms with Crippen LogP contribution in [0.3, 0.4) is 0 Å². The molecule has 36 heavy (non-hydrogen) atoms. The zero-order valence-corrected chi connectivity index (χ0v) is 20.9. The average molecular weight is 528 g/mol. The van der Waals surface area contributed by atoms with Crippen molar-refractivity contribution in [1.29, 1.82) is 0 Å². The fourth-order valence-electron chi connectivity index (χ4n) is 2.71. The molecule has 0 heterocycles. The molecular weight excluding hydrogens is 487 g/mol. The summed E-state index contributed by atoms with van der Waals surface area (Å²) in [5.74, 6) is -2.77. The molecule has 1 aromatic carbocycles. The normalized spacial score (nSPS) is 11.4. The number of benzene rings is 1. The van der Waals surface area contributed by atoms with Gasteiger partial charge in [0.15, 0.2) is 0 Å². The highest BCUT2D eigenvalue weighted by atomic mass is 19.1. The highest BCUT2D eigenvalue weighted by molar-refractivity contribution is 5.20. The maximum absolute atomic E-state index is 13.5. The van der Waals surface area contributed by atoms with E-state index >= 15 is 0 Å². The SMILES string of the molecule is NCCOCCOCCOCCOCCOCCOCCOCCOCCc1c(F)cc(F)cc1F. The van der Waals surface area contributed by atoms with Gasteiger partial charge in [-0.05, 0) is 0 Å². The molecule has 12 heteroatoms. The van der Waals surface area contributed by atoms with Gasteiger partial charge in [0.1, 0.15) is 17.5 Å². The van der Waals surface area contributed by atoms with Crippen molar-refractivity contribution >= 4 is 0 Å². The third-order valence-corrected chi connectivity index (χ3v) is 4.47. The van der Waals surface area contributed by atoms with Crippen molar-refractivity contribution in [3.05, 3.63) is 35.1 Å². The minimum atomic E-state index is -0.942. The van der Waals surface area contributed by atoms with Crippen molar-refractivity contribution in [1.82, 2.24) is 0 Å². The Kier molecular flexibility index (Phi) is 21.8. The third kappa shape index (κ3) is 18.9. The first-order chi connectivity index (χ1) is 17.6. The Morgan fingerprint density at radius 3 is 1.03 bits per heavy atom. The molecule has 1 rings (SSSR count). The lowest BCUT2D eigenvalue weighted by Crippen LogP contribution is -2.15. The van der Waals surface area contributed by atoms with Crippen molar-refractivity contribution in [2.24, 2.45) is 5.73 Å². The molecule has 0 fully saturated rings. The van der Waals surface area contributed by atoms with E-state index in [2.05, 4.69) is 0 Å². The van der Waals surface area contributed by atoms with E-state index in [4.69, 9.17) is 43.6 Å². The highest BCUT2D eigenvalue weighted by Gasteiger charge is 2.11. The number of nitrogens with two attached hydrogens (primary N) is 1. The summed E-state index contributed by atoms with van der Waals surface area (Å²) in [5, 5.41) is 0. The Hall–Kier alpha value is -1.35. The number of rotatable bonds is 26. The van der Waals surface area contributed by atoms with Gasteiger partial charge in [-0.1, -0.05) is 0 Å². The van der Waals surface area contributed by atoms with Gasteiger partial charge >= 0.3 is 0 Å². The fraction of sp³-hybridized carbons (Fsp3) is 0.750. The van der Waals surface area contributed by atoms with E-state index in [9.17, 15) is 13.2 Å². The van der Waals surface area contributed by atoms with Crippen molar-refractivity contribution < 1.29 is 51.1 Å². The molecule has 210 valence electrons. The predicted molar refractivity (Wildman–Crippen MR) is 126 cm³/mol. The third-order valence-electron chi connectivity index (χ3n) is 4.47. The molecule has 0 atom stereocenters. The van der Waals surface area contributed by atoms with Gasteiger partial charge < -0.3 is 43.6 Å². The summed E-state index contributed by atoms with van der Waals surface area (Å²) in [5.41, 5.74) is 5.12. The van der Waals surface area contributed by atoms with Crippen LogP contribution in [0.1, 0.15) is 5.56 Å². The molecule has 0 aromatic heterocycles. The van der Waals surface area contributed by atoms with E-state index in [0.717, 1.165) is 0 Å². The van der Waals surface area contributed by atoms with Gasteiger partial charge in [-0.2, -0.15) is 0 Å². The first-order valence-corrected chi connectivity index (χ1v) is 12.1. The van der Waals surface area contributed by atoms with Gasteiger partial charge in [0.2, 0.25) is 0 Å². The Bertz CT molecular complexity index is 622. The molecule has 0 saturated heterocycles. The van der Waals surface area contributed by atoms with Crippen LogP contribution in [0, 0.1) is 17.5 Å². The lowest BCUT2D eigenvalue weighted by Gasteiger charge is -2.09. The van der Waals surface area contributed by atoms with Crippen molar-refractivity contribution in [2.75, 3.05) is 112 Å². The number of halogens is 3. The fourth-order valence-corrected chi connectivity index (χ4v) is 2.71. The van der Waals surface area contributed by atoms with E-state index in [-0.39, 0.29) is 25.2 Å². The Labute approximate surface area is 211 Å². The monoisotopic (exact) mass is 527 g/mol. The zero-order chi connectivity index (χ0) is 26.1. The largest absolute Gasteiger partial charge is 0.379 e. The van der Waals surface area contributed by atoms with Crippen LogP contribution < -0.4 is 5.73 Å². The van der Waals surface area contributed by atoms with Crippen LogP contribution in [0.5, 0.6) is 0 Å². The smallest absolute Gasteiger partial charge is 0.132 e. The Morgan fingerprint density at radius 1 is 0.444 bits per heavy atom. The Balaban J connectivity index is 1.73. The molecule has 2 N–H and O–H groups in total. The van der Waals surface area contributed by atoms with Crippen LogP contribution in [0.2, 0.25) is 0 Å². The maximum Gasteiger partial charge on any atom is 0.132 e. The molecule has 0 aliphatic rings. The van der Waals surface area contributed by atoms with Gasteiger partial charge in [0.05, 0.1) is 106 Å². The molecule has 0 aliphatic heterocycles. The average Bonchev–Trinajstić information content (AvgIpc) is 2.85. The number of ether oxygens (including phenoxy) is 8. The summed E-state index contributed by atoms with van der Waals surface area (Å²) in [6.07, 6.45) is 0.0162. The lowest BCUT2D eigenvalue weighted by molar-refractivity contribution is -0.0229. The summed E-state index contributed by atoms with van der Waals surface area (Å²) in [7, 11) is 0. The summed E-state index contributed by atoms with van der Waals surface area (Å²) >= 11 is 0. The maximum atomic E-state index is 13.5. The molecule has 1 aromatic rings. The topological polar surface area (TPSA) is 99.9 Å². The molecule has 0 saturated carbocycles. The van der Waals surface area contributed by atoms with Gasteiger partial charge in [0.25, 0.3) is 0 Å². The minimum Gasteiger partial charge on any atom is -0.379 e. The van der Waals surface area contributed by atoms with E-state index < -0.39 is 17.5 Å². The first kappa shape index (κ1) is 32.7. The standard InChI is InChI=1S/C24H40F3NO8/c25-21-19-23(26)22(24(27)20-21)1-3-29-5-7-31-9-11-33-13-15-35-17-18-36-16-14-34-12-10-32-8-6-30-4-2-28/h19-20H,1-18,28H2. The van der Waals surface area contributed by atoms with Gasteiger partial charge in [0, 0.05) is 30.7 Å². The lowest BCUT2D eigenvalue weighted by atomic mass is 10.1. The van der Waals surface area contributed by atoms with Crippen LogP contribution in [0.15, 0.2) is 12.1 Å². The van der Waals surface area contributed by atoms with E-state index in [1.807, 2.05) is 0 Å². The number of hydrogen-bond donors (Lipinski definition) is 1. The molecule has 0 amide bonds. The second-order valence-corrected chi connectivity index (χ2v) is 7.29. The number of hydrogen-bond acceptors (Lipinski definition) is 9. The van der Waals surface area contributed by atoms with Crippen LogP contribution in [-0.2, 0) is 44.3 Å². The van der Waals surface area contributed by atoms with Crippen molar-refractivity contribution in [3.8, 4) is 0 Å². The molecule has 0 bridgehead atoms. The summed E-state index contributed by atoms with van der Waals surface area (Å²) in [6.45, 7) is 7.45. The van der Waals surface area contributed by atoms with Crippen LogP contribution >= 0.6 is 0 Å². The predicted octanol–water partition coefficient (Wildman–Crippen LogP) is 1.74. The zero-order valence-electron chi connectivity index (χ0n) is 20.9. The summed E-state index contributed by atoms with van der Waals surface area (Å²) < 4.78 is 82.5. The molecule has 0 radical (unpaired) electrons. The molecule has 0 aliphatic carbocycles.